The van der Waals surface area contributed by atoms with Gasteiger partial charge in [0.2, 0.25) is 5.91 Å². The summed E-state index contributed by atoms with van der Waals surface area (Å²) in [5, 5.41) is 7.15. The fourth-order valence-electron chi connectivity index (χ4n) is 2.09. The maximum Gasteiger partial charge on any atom is 0.277 e. The van der Waals surface area contributed by atoms with Gasteiger partial charge in [0.05, 0.1) is 6.42 Å². The molecule has 2 N–H and O–H groups in total. The highest BCUT2D eigenvalue weighted by Crippen LogP contribution is 2.15. The number of carbonyl (C=O) groups excluding carboxylic acids is 2. The predicted octanol–water partition coefficient (Wildman–Crippen LogP) is 3.55. The lowest BCUT2D eigenvalue weighted by Crippen LogP contribution is -2.26. The van der Waals surface area contributed by atoms with Crippen molar-refractivity contribution in [3.05, 3.63) is 59.1 Å². The molecule has 0 aromatic heterocycles. The van der Waals surface area contributed by atoms with Crippen LogP contribution in [0.1, 0.15) is 18.9 Å². The molecule has 6 nitrogen and oxygen atoms in total. The van der Waals surface area contributed by atoms with Crippen LogP contribution in [0.2, 0.25) is 5.02 Å². The van der Waals surface area contributed by atoms with Crippen LogP contribution in [-0.4, -0.2) is 24.1 Å². The van der Waals surface area contributed by atoms with Crippen LogP contribution in [0.15, 0.2) is 53.6 Å². The number of rotatable bonds is 7. The van der Waals surface area contributed by atoms with Gasteiger partial charge < -0.3 is 10.1 Å². The lowest BCUT2D eigenvalue weighted by molar-refractivity contribution is -0.123. The fraction of sp³-hybridized carbons (Fsp3) is 0.211. The first-order valence-corrected chi connectivity index (χ1v) is 8.37. The molecule has 2 aromatic rings. The summed E-state index contributed by atoms with van der Waals surface area (Å²) in [5.41, 5.74) is 4.48. The van der Waals surface area contributed by atoms with Crippen LogP contribution in [0.4, 0.5) is 5.69 Å². The predicted molar refractivity (Wildman–Crippen MR) is 103 cm³/mol. The standard InChI is InChI=1S/C19H20ClN3O3/c1-13-5-3-8-17(9-13)26-12-19(25)23-22-14(2)10-18(24)21-16-7-4-6-15(20)11-16/h3-9,11H,10,12H2,1-2H3,(H,21,24)(H,23,25)/b22-14+. The Morgan fingerprint density at radius 1 is 1.12 bits per heavy atom. The summed E-state index contributed by atoms with van der Waals surface area (Å²) in [5.74, 6) is -0.0402. The minimum Gasteiger partial charge on any atom is -0.484 e. The number of benzene rings is 2. The van der Waals surface area contributed by atoms with E-state index in [9.17, 15) is 9.59 Å². The van der Waals surface area contributed by atoms with E-state index in [2.05, 4.69) is 15.8 Å². The summed E-state index contributed by atoms with van der Waals surface area (Å²) in [6.45, 7) is 3.43. The molecule has 0 unspecified atom stereocenters. The van der Waals surface area contributed by atoms with Crippen LogP contribution < -0.4 is 15.5 Å². The number of nitrogens with zero attached hydrogens (tertiary/aromatic N) is 1. The number of aryl methyl sites for hydroxylation is 1. The quantitative estimate of drug-likeness (QED) is 0.575. The normalized spacial score (nSPS) is 11.0. The van der Waals surface area contributed by atoms with E-state index < -0.39 is 5.91 Å². The highest BCUT2D eigenvalue weighted by atomic mass is 35.5. The summed E-state index contributed by atoms with van der Waals surface area (Å²) in [7, 11) is 0. The van der Waals surface area contributed by atoms with Crippen molar-refractivity contribution >= 4 is 34.8 Å². The number of nitrogens with one attached hydrogen (secondary N) is 2. The van der Waals surface area contributed by atoms with Crippen molar-refractivity contribution in [2.24, 2.45) is 5.10 Å². The second kappa shape index (κ2) is 9.58. The van der Waals surface area contributed by atoms with E-state index in [4.69, 9.17) is 16.3 Å². The topological polar surface area (TPSA) is 79.8 Å². The smallest absolute Gasteiger partial charge is 0.277 e. The lowest BCUT2D eigenvalue weighted by Gasteiger charge is -2.07. The number of halogens is 1. The number of amides is 2. The van der Waals surface area contributed by atoms with Crippen molar-refractivity contribution in [2.75, 3.05) is 11.9 Å². The monoisotopic (exact) mass is 373 g/mol. The van der Waals surface area contributed by atoms with Crippen molar-refractivity contribution in [3.8, 4) is 5.75 Å². The molecular formula is C19H20ClN3O3. The summed E-state index contributed by atoms with van der Waals surface area (Å²) < 4.78 is 5.38. The number of carbonyl (C=O) groups is 2. The molecule has 136 valence electrons. The Bertz CT molecular complexity index is 821. The van der Waals surface area contributed by atoms with E-state index in [-0.39, 0.29) is 18.9 Å². The van der Waals surface area contributed by atoms with Crippen LogP contribution in [0.3, 0.4) is 0 Å². The minimum atomic E-state index is -0.402. The third-order valence-electron chi connectivity index (χ3n) is 3.26. The first-order chi connectivity index (χ1) is 12.4. The molecule has 0 aliphatic heterocycles. The van der Waals surface area contributed by atoms with E-state index in [0.29, 0.717) is 22.2 Å². The SMILES string of the molecule is C/C(CC(=O)Nc1cccc(Cl)c1)=N\NC(=O)COc1cccc(C)c1. The number of anilines is 1. The van der Waals surface area contributed by atoms with Crippen LogP contribution in [0.5, 0.6) is 5.75 Å². The summed E-state index contributed by atoms with van der Waals surface area (Å²) in [6.07, 6.45) is 0.0472. The maximum absolute atomic E-state index is 11.9. The van der Waals surface area contributed by atoms with Gasteiger partial charge in [0.1, 0.15) is 5.75 Å². The third kappa shape index (κ3) is 6.94. The molecular weight excluding hydrogens is 354 g/mol. The Kier molecular flexibility index (Phi) is 7.17. The molecule has 0 saturated carbocycles. The molecule has 0 aliphatic rings. The molecule has 0 aliphatic carbocycles. The number of hydrogen-bond donors (Lipinski definition) is 2. The number of ether oxygens (including phenoxy) is 1. The van der Waals surface area contributed by atoms with Crippen molar-refractivity contribution in [3.63, 3.8) is 0 Å². The molecule has 0 radical (unpaired) electrons. The van der Waals surface area contributed by atoms with Crippen LogP contribution in [-0.2, 0) is 9.59 Å². The average molecular weight is 374 g/mol. The van der Waals surface area contributed by atoms with E-state index in [1.807, 2.05) is 25.1 Å². The molecule has 2 amide bonds. The van der Waals surface area contributed by atoms with Crippen molar-refractivity contribution in [1.29, 1.82) is 0 Å². The van der Waals surface area contributed by atoms with Gasteiger partial charge >= 0.3 is 0 Å². The van der Waals surface area contributed by atoms with E-state index >= 15 is 0 Å². The molecule has 7 heteroatoms. The van der Waals surface area contributed by atoms with Crippen LogP contribution in [0.25, 0.3) is 0 Å². The summed E-state index contributed by atoms with van der Waals surface area (Å²) >= 11 is 5.87. The zero-order valence-corrected chi connectivity index (χ0v) is 15.3. The average Bonchev–Trinajstić information content (AvgIpc) is 2.58. The van der Waals surface area contributed by atoms with Gasteiger partial charge in [-0.25, -0.2) is 5.43 Å². The molecule has 26 heavy (non-hydrogen) atoms. The number of hydrogen-bond acceptors (Lipinski definition) is 4. The Morgan fingerprint density at radius 2 is 1.88 bits per heavy atom. The molecule has 0 heterocycles. The molecule has 0 atom stereocenters. The van der Waals surface area contributed by atoms with E-state index in [0.717, 1.165) is 5.56 Å². The van der Waals surface area contributed by atoms with Gasteiger partial charge in [0, 0.05) is 16.4 Å². The van der Waals surface area contributed by atoms with Crippen molar-refractivity contribution in [2.45, 2.75) is 20.3 Å². The Morgan fingerprint density at radius 3 is 2.62 bits per heavy atom. The van der Waals surface area contributed by atoms with E-state index in [1.54, 1.807) is 37.3 Å². The van der Waals surface area contributed by atoms with Gasteiger partial charge in [-0.15, -0.1) is 0 Å². The highest BCUT2D eigenvalue weighted by Gasteiger charge is 2.06. The van der Waals surface area contributed by atoms with Gasteiger partial charge in [-0.1, -0.05) is 29.8 Å². The summed E-state index contributed by atoms with van der Waals surface area (Å²) in [4.78, 5) is 23.7. The molecule has 0 bridgehead atoms. The first kappa shape index (κ1) is 19.5. The zero-order valence-electron chi connectivity index (χ0n) is 14.6. The molecule has 2 rings (SSSR count). The molecule has 2 aromatic carbocycles. The lowest BCUT2D eigenvalue weighted by atomic mass is 10.2. The van der Waals surface area contributed by atoms with Gasteiger partial charge in [0.25, 0.3) is 5.91 Å². The van der Waals surface area contributed by atoms with Crippen LogP contribution >= 0.6 is 11.6 Å². The van der Waals surface area contributed by atoms with Gasteiger partial charge in [-0.05, 0) is 49.7 Å². The highest BCUT2D eigenvalue weighted by molar-refractivity contribution is 6.30. The van der Waals surface area contributed by atoms with E-state index in [1.165, 1.54) is 0 Å². The second-order valence-corrected chi connectivity index (χ2v) is 6.16. The number of hydrazone groups is 1. The largest absolute Gasteiger partial charge is 0.484 e. The fourth-order valence-corrected chi connectivity index (χ4v) is 2.28. The van der Waals surface area contributed by atoms with Gasteiger partial charge in [0.15, 0.2) is 6.61 Å². The van der Waals surface area contributed by atoms with Crippen molar-refractivity contribution in [1.82, 2.24) is 5.43 Å². The Labute approximate surface area is 157 Å². The second-order valence-electron chi connectivity index (χ2n) is 5.72. The Balaban J connectivity index is 1.76. The minimum absolute atomic E-state index is 0.0472. The molecule has 0 fully saturated rings. The van der Waals surface area contributed by atoms with Crippen LogP contribution in [0, 0.1) is 6.92 Å². The molecule has 0 spiro atoms. The maximum atomic E-state index is 11.9. The van der Waals surface area contributed by atoms with Gasteiger partial charge in [-0.3, -0.25) is 9.59 Å². The van der Waals surface area contributed by atoms with Crippen molar-refractivity contribution < 1.29 is 14.3 Å². The summed E-state index contributed by atoms with van der Waals surface area (Å²) in [6, 6.07) is 14.2. The third-order valence-corrected chi connectivity index (χ3v) is 3.49. The first-order valence-electron chi connectivity index (χ1n) is 7.99. The van der Waals surface area contributed by atoms with Gasteiger partial charge in [-0.2, -0.15) is 5.10 Å². The zero-order chi connectivity index (χ0) is 18.9. The Hall–Kier alpha value is -2.86. The molecule has 0 saturated heterocycles.